The number of nitriles is 1. The van der Waals surface area contributed by atoms with Crippen LogP contribution in [0.3, 0.4) is 0 Å². The van der Waals surface area contributed by atoms with Crippen LogP contribution in [0.15, 0.2) is 18.2 Å². The van der Waals surface area contributed by atoms with Gasteiger partial charge >= 0.3 is 0 Å². The number of halogens is 1. The first-order valence-electron chi connectivity index (χ1n) is 5.70. The Morgan fingerprint density at radius 3 is 3.00 bits per heavy atom. The van der Waals surface area contributed by atoms with E-state index in [9.17, 15) is 9.18 Å². The lowest BCUT2D eigenvalue weighted by molar-refractivity contribution is -0.133. The monoisotopic (exact) mass is 248 g/mol. The van der Waals surface area contributed by atoms with E-state index in [2.05, 4.69) is 5.32 Å². The quantitative estimate of drug-likeness (QED) is 0.872. The summed E-state index contributed by atoms with van der Waals surface area (Å²) in [5.74, 6) is -0.866. The van der Waals surface area contributed by atoms with E-state index in [0.29, 0.717) is 18.7 Å². The molecule has 4 nitrogen and oxygen atoms in total. The number of hydrogen-bond acceptors (Lipinski definition) is 3. The zero-order valence-electron chi connectivity index (χ0n) is 10.00. The summed E-state index contributed by atoms with van der Waals surface area (Å²) < 4.78 is 18.5. The topological polar surface area (TPSA) is 62.1 Å². The summed E-state index contributed by atoms with van der Waals surface area (Å²) in [6, 6.07) is 5.62. The highest BCUT2D eigenvalue weighted by atomic mass is 19.1. The summed E-state index contributed by atoms with van der Waals surface area (Å²) in [5.41, 5.74) is -0.527. The van der Waals surface area contributed by atoms with Crippen molar-refractivity contribution in [2.75, 3.05) is 11.9 Å². The van der Waals surface area contributed by atoms with Gasteiger partial charge in [-0.05, 0) is 38.0 Å². The first-order valence-corrected chi connectivity index (χ1v) is 5.70. The Labute approximate surface area is 104 Å². The molecule has 1 atom stereocenters. The van der Waals surface area contributed by atoms with Crippen molar-refractivity contribution in [3.63, 3.8) is 0 Å². The maximum absolute atomic E-state index is 13.1. The Morgan fingerprint density at radius 1 is 1.61 bits per heavy atom. The Bertz CT molecular complexity index is 516. The van der Waals surface area contributed by atoms with Gasteiger partial charge in [0.15, 0.2) is 0 Å². The molecule has 1 heterocycles. The van der Waals surface area contributed by atoms with Crippen LogP contribution in [0.25, 0.3) is 0 Å². The third kappa shape index (κ3) is 2.34. The number of nitrogens with zero attached hydrogens (tertiary/aromatic N) is 1. The van der Waals surface area contributed by atoms with E-state index in [0.717, 1.165) is 12.5 Å². The largest absolute Gasteiger partial charge is 0.365 e. The van der Waals surface area contributed by atoms with Crippen LogP contribution in [0.4, 0.5) is 10.1 Å². The average molecular weight is 248 g/mol. The molecule has 1 aliphatic heterocycles. The van der Waals surface area contributed by atoms with Crippen LogP contribution >= 0.6 is 0 Å². The molecule has 2 rings (SSSR count). The summed E-state index contributed by atoms with van der Waals surface area (Å²) in [4.78, 5) is 12.0. The van der Waals surface area contributed by atoms with Crippen LogP contribution in [0.2, 0.25) is 0 Å². The van der Waals surface area contributed by atoms with Crippen LogP contribution in [0, 0.1) is 17.1 Å². The average Bonchev–Trinajstić information content (AvgIpc) is 2.80. The number of ether oxygens (including phenoxy) is 1. The Morgan fingerprint density at radius 2 is 2.39 bits per heavy atom. The number of carbonyl (C=O) groups is 1. The number of hydrogen-bond donors (Lipinski definition) is 1. The number of carbonyl (C=O) groups excluding carboxylic acids is 1. The van der Waals surface area contributed by atoms with E-state index in [-0.39, 0.29) is 11.5 Å². The Balaban J connectivity index is 2.15. The molecule has 0 aliphatic carbocycles. The van der Waals surface area contributed by atoms with Gasteiger partial charge in [-0.3, -0.25) is 4.79 Å². The second-order valence-electron chi connectivity index (χ2n) is 4.44. The second-order valence-corrected chi connectivity index (χ2v) is 4.44. The Hall–Kier alpha value is -1.93. The second kappa shape index (κ2) is 4.75. The lowest BCUT2D eigenvalue weighted by atomic mass is 10.0. The fourth-order valence-corrected chi connectivity index (χ4v) is 1.91. The third-order valence-corrected chi connectivity index (χ3v) is 3.04. The summed E-state index contributed by atoms with van der Waals surface area (Å²) >= 11 is 0. The van der Waals surface area contributed by atoms with Crippen molar-refractivity contribution < 1.29 is 13.9 Å². The standard InChI is InChI=1S/C13H13FN2O2/c1-13(5-2-6-18-13)12(17)16-10-3-4-11(14)9(7-10)8-15/h3-4,7H,2,5-6H2,1H3,(H,16,17). The minimum absolute atomic E-state index is 0.0923. The molecular formula is C13H13FN2O2. The van der Waals surface area contributed by atoms with E-state index in [1.165, 1.54) is 12.1 Å². The minimum atomic E-state index is -0.832. The summed E-state index contributed by atoms with van der Waals surface area (Å²) in [6.07, 6.45) is 1.50. The summed E-state index contributed by atoms with van der Waals surface area (Å²) in [7, 11) is 0. The lowest BCUT2D eigenvalue weighted by Crippen LogP contribution is -2.39. The highest BCUT2D eigenvalue weighted by Gasteiger charge is 2.37. The number of amides is 1. The van der Waals surface area contributed by atoms with Crippen LogP contribution < -0.4 is 5.32 Å². The number of rotatable bonds is 2. The molecule has 1 amide bonds. The number of anilines is 1. The molecule has 0 spiro atoms. The van der Waals surface area contributed by atoms with E-state index in [1.807, 2.05) is 0 Å². The number of nitrogens with one attached hydrogen (secondary N) is 1. The molecule has 1 saturated heterocycles. The molecular weight excluding hydrogens is 235 g/mol. The Kier molecular flexibility index (Phi) is 3.30. The van der Waals surface area contributed by atoms with Gasteiger partial charge in [-0.2, -0.15) is 5.26 Å². The van der Waals surface area contributed by atoms with Gasteiger partial charge in [0.2, 0.25) is 0 Å². The first kappa shape index (κ1) is 12.5. The van der Waals surface area contributed by atoms with Crippen molar-refractivity contribution in [2.24, 2.45) is 0 Å². The molecule has 1 fully saturated rings. The van der Waals surface area contributed by atoms with Crippen molar-refractivity contribution in [1.29, 1.82) is 5.26 Å². The van der Waals surface area contributed by atoms with Gasteiger partial charge in [0.25, 0.3) is 5.91 Å². The van der Waals surface area contributed by atoms with Crippen molar-refractivity contribution in [1.82, 2.24) is 0 Å². The van der Waals surface area contributed by atoms with E-state index >= 15 is 0 Å². The molecule has 0 radical (unpaired) electrons. The molecule has 5 heteroatoms. The molecule has 18 heavy (non-hydrogen) atoms. The maximum atomic E-state index is 13.1. The summed E-state index contributed by atoms with van der Waals surface area (Å²) in [6.45, 7) is 2.29. The molecule has 1 N–H and O–H groups in total. The van der Waals surface area contributed by atoms with Gasteiger partial charge in [-0.1, -0.05) is 0 Å². The smallest absolute Gasteiger partial charge is 0.256 e. The number of benzene rings is 1. The van der Waals surface area contributed by atoms with E-state index in [4.69, 9.17) is 10.00 Å². The molecule has 94 valence electrons. The molecule has 0 bridgehead atoms. The van der Waals surface area contributed by atoms with Gasteiger partial charge in [-0.25, -0.2) is 4.39 Å². The highest BCUT2D eigenvalue weighted by molar-refractivity contribution is 5.97. The SMILES string of the molecule is CC1(C(=O)Nc2ccc(F)c(C#N)c2)CCCO1. The molecule has 1 unspecified atom stereocenters. The predicted octanol–water partition coefficient (Wildman–Crippen LogP) is 2.20. The van der Waals surface area contributed by atoms with Gasteiger partial charge in [0.1, 0.15) is 17.5 Å². The van der Waals surface area contributed by atoms with Crippen LogP contribution in [-0.4, -0.2) is 18.1 Å². The fourth-order valence-electron chi connectivity index (χ4n) is 1.91. The van der Waals surface area contributed by atoms with Crippen LogP contribution in [0.5, 0.6) is 0 Å². The van der Waals surface area contributed by atoms with E-state index < -0.39 is 11.4 Å². The normalized spacial score (nSPS) is 22.5. The molecule has 1 aromatic rings. The zero-order chi connectivity index (χ0) is 13.2. The lowest BCUT2D eigenvalue weighted by Gasteiger charge is -2.21. The van der Waals surface area contributed by atoms with E-state index in [1.54, 1.807) is 13.0 Å². The minimum Gasteiger partial charge on any atom is -0.365 e. The highest BCUT2D eigenvalue weighted by Crippen LogP contribution is 2.26. The van der Waals surface area contributed by atoms with Crippen molar-refractivity contribution in [2.45, 2.75) is 25.4 Å². The maximum Gasteiger partial charge on any atom is 0.256 e. The predicted molar refractivity (Wildman–Crippen MR) is 63.3 cm³/mol. The zero-order valence-corrected chi connectivity index (χ0v) is 10.00. The van der Waals surface area contributed by atoms with Crippen LogP contribution in [0.1, 0.15) is 25.3 Å². The fraction of sp³-hybridized carbons (Fsp3) is 0.385. The molecule has 1 aromatic carbocycles. The molecule has 0 saturated carbocycles. The van der Waals surface area contributed by atoms with Crippen molar-refractivity contribution in [3.8, 4) is 6.07 Å². The van der Waals surface area contributed by atoms with Crippen molar-refractivity contribution >= 4 is 11.6 Å². The first-order chi connectivity index (χ1) is 8.55. The third-order valence-electron chi connectivity index (χ3n) is 3.04. The van der Waals surface area contributed by atoms with Gasteiger partial charge < -0.3 is 10.1 Å². The van der Waals surface area contributed by atoms with Gasteiger partial charge in [-0.15, -0.1) is 0 Å². The molecule has 1 aliphatic rings. The van der Waals surface area contributed by atoms with Gasteiger partial charge in [0, 0.05) is 12.3 Å². The summed E-state index contributed by atoms with van der Waals surface area (Å²) in [5, 5.41) is 11.4. The molecule has 0 aromatic heterocycles. The van der Waals surface area contributed by atoms with Crippen LogP contribution in [-0.2, 0) is 9.53 Å². The van der Waals surface area contributed by atoms with Crippen molar-refractivity contribution in [3.05, 3.63) is 29.6 Å². The van der Waals surface area contributed by atoms with Gasteiger partial charge in [0.05, 0.1) is 5.56 Å².